The van der Waals surface area contributed by atoms with Crippen LogP contribution >= 0.6 is 11.8 Å². The highest BCUT2D eigenvalue weighted by molar-refractivity contribution is 7.99. The highest BCUT2D eigenvalue weighted by Gasteiger charge is 2.24. The summed E-state index contributed by atoms with van der Waals surface area (Å²) in [6.07, 6.45) is 2.65. The fourth-order valence-corrected chi connectivity index (χ4v) is 5.09. The highest BCUT2D eigenvalue weighted by atomic mass is 32.2. The van der Waals surface area contributed by atoms with E-state index in [1.54, 1.807) is 10.6 Å². The molecule has 7 nitrogen and oxygen atoms in total. The molecule has 1 amide bonds. The molecule has 2 aliphatic rings. The second-order valence-electron chi connectivity index (χ2n) is 8.05. The quantitative estimate of drug-likeness (QED) is 0.457. The number of carbonyl (C=O) groups excluding carboxylic acids is 1. The van der Waals surface area contributed by atoms with E-state index >= 15 is 0 Å². The molecular weight excluding hydrogens is 426 g/mol. The molecule has 1 aromatic heterocycles. The number of carbonyl (C=O) groups is 1. The van der Waals surface area contributed by atoms with Crippen molar-refractivity contribution in [2.45, 2.75) is 43.1 Å². The number of rotatable bonds is 6. The summed E-state index contributed by atoms with van der Waals surface area (Å²) < 4.78 is 13.1. The lowest BCUT2D eigenvalue weighted by molar-refractivity contribution is -0.119. The molecule has 3 aromatic rings. The first-order valence-electron chi connectivity index (χ1n) is 10.9. The summed E-state index contributed by atoms with van der Waals surface area (Å²) >= 11 is 1.29. The van der Waals surface area contributed by atoms with Crippen molar-refractivity contribution in [3.8, 4) is 5.75 Å². The van der Waals surface area contributed by atoms with Crippen molar-refractivity contribution in [3.63, 3.8) is 0 Å². The van der Waals surface area contributed by atoms with Crippen LogP contribution in [-0.2, 0) is 16.1 Å². The van der Waals surface area contributed by atoms with E-state index in [4.69, 9.17) is 14.5 Å². The molecule has 0 spiro atoms. The van der Waals surface area contributed by atoms with Crippen LogP contribution in [0.4, 0.5) is 0 Å². The van der Waals surface area contributed by atoms with Gasteiger partial charge in [0.1, 0.15) is 5.75 Å². The van der Waals surface area contributed by atoms with Gasteiger partial charge in [0.15, 0.2) is 5.16 Å². The number of nitrogens with one attached hydrogen (secondary N) is 1. The summed E-state index contributed by atoms with van der Waals surface area (Å²) in [6.45, 7) is 1.74. The summed E-state index contributed by atoms with van der Waals surface area (Å²) in [5, 5.41) is 4.24. The van der Waals surface area contributed by atoms with Crippen LogP contribution in [0.1, 0.15) is 30.9 Å². The summed E-state index contributed by atoms with van der Waals surface area (Å²) in [5.74, 6) is 0.900. The zero-order valence-electron chi connectivity index (χ0n) is 17.7. The van der Waals surface area contributed by atoms with Gasteiger partial charge in [-0.25, -0.2) is 4.98 Å². The minimum atomic E-state index is -0.0947. The van der Waals surface area contributed by atoms with Gasteiger partial charge in [0.2, 0.25) is 5.91 Å². The van der Waals surface area contributed by atoms with E-state index in [2.05, 4.69) is 5.32 Å². The lowest BCUT2D eigenvalue weighted by Gasteiger charge is -2.26. The summed E-state index contributed by atoms with van der Waals surface area (Å²) in [6, 6.07) is 15.0. The van der Waals surface area contributed by atoms with E-state index in [1.165, 1.54) is 11.8 Å². The number of benzene rings is 2. The molecule has 0 aliphatic carbocycles. The second-order valence-corrected chi connectivity index (χ2v) is 8.99. The normalized spacial score (nSPS) is 20.0. The number of hydrogen-bond donors (Lipinski definition) is 1. The van der Waals surface area contributed by atoms with E-state index in [1.807, 2.05) is 42.5 Å². The van der Waals surface area contributed by atoms with Crippen molar-refractivity contribution < 1.29 is 14.3 Å². The van der Waals surface area contributed by atoms with Crippen LogP contribution in [0.3, 0.4) is 0 Å². The molecule has 2 atom stereocenters. The molecule has 0 bridgehead atoms. The molecule has 1 fully saturated rings. The third-order valence-electron chi connectivity index (χ3n) is 5.86. The van der Waals surface area contributed by atoms with Gasteiger partial charge in [-0.05, 0) is 31.0 Å². The molecule has 1 saturated heterocycles. The number of amides is 1. The monoisotopic (exact) mass is 451 g/mol. The summed E-state index contributed by atoms with van der Waals surface area (Å²) in [7, 11) is 0. The van der Waals surface area contributed by atoms with Gasteiger partial charge in [0.05, 0.1) is 42.0 Å². The molecule has 0 radical (unpaired) electrons. The zero-order valence-corrected chi connectivity index (χ0v) is 18.5. The highest BCUT2D eigenvalue weighted by Crippen LogP contribution is 2.31. The predicted octanol–water partition coefficient (Wildman–Crippen LogP) is 3.31. The summed E-state index contributed by atoms with van der Waals surface area (Å²) in [4.78, 5) is 30.7. The first-order valence-corrected chi connectivity index (χ1v) is 11.9. The Morgan fingerprint density at radius 1 is 1.12 bits per heavy atom. The Hall–Kier alpha value is -2.84. The Bertz CT molecular complexity index is 1190. The average Bonchev–Trinajstić information content (AvgIpc) is 3.33. The van der Waals surface area contributed by atoms with Crippen molar-refractivity contribution in [1.82, 2.24) is 14.9 Å². The molecule has 1 N–H and O–H groups in total. The van der Waals surface area contributed by atoms with Gasteiger partial charge in [-0.3, -0.25) is 14.2 Å². The fourth-order valence-electron chi connectivity index (χ4n) is 4.27. The standard InChI is InChI=1S/C24H25N3O4S/c28-22(25-20-11-13-31-21-10-4-2-7-17(20)21)15-32-24-26-19-9-3-1-8-18(19)23(29)27(24)14-16-6-5-12-30-16/h1-4,7-10,16,20H,5-6,11-15H2,(H,25,28)/t16-,20-/m1/s1. The van der Waals surface area contributed by atoms with Crippen LogP contribution in [-0.4, -0.2) is 40.5 Å². The molecule has 2 aromatic carbocycles. The SMILES string of the molecule is O=C(CSc1nc2ccccc2c(=O)n1C[C@H]1CCCO1)N[C@@H]1CCOc2ccccc21. The van der Waals surface area contributed by atoms with E-state index in [-0.39, 0.29) is 29.4 Å². The minimum absolute atomic E-state index is 0.00239. The van der Waals surface area contributed by atoms with Gasteiger partial charge >= 0.3 is 0 Å². The number of hydrogen-bond acceptors (Lipinski definition) is 6. The van der Waals surface area contributed by atoms with Crippen LogP contribution in [0.25, 0.3) is 10.9 Å². The second kappa shape index (κ2) is 9.34. The maximum absolute atomic E-state index is 13.2. The van der Waals surface area contributed by atoms with Crippen molar-refractivity contribution in [3.05, 3.63) is 64.4 Å². The number of fused-ring (bicyclic) bond motifs is 2. The van der Waals surface area contributed by atoms with Crippen LogP contribution in [0.5, 0.6) is 5.75 Å². The van der Waals surface area contributed by atoms with Crippen LogP contribution in [0.2, 0.25) is 0 Å². The smallest absolute Gasteiger partial charge is 0.262 e. The Morgan fingerprint density at radius 3 is 2.84 bits per heavy atom. The number of para-hydroxylation sites is 2. The van der Waals surface area contributed by atoms with Crippen molar-refractivity contribution in [1.29, 1.82) is 0 Å². The van der Waals surface area contributed by atoms with Gasteiger partial charge in [0.25, 0.3) is 5.56 Å². The Balaban J connectivity index is 1.34. The maximum atomic E-state index is 13.2. The first kappa shape index (κ1) is 21.0. The number of thioether (sulfide) groups is 1. The van der Waals surface area contributed by atoms with Crippen LogP contribution in [0.15, 0.2) is 58.5 Å². The summed E-state index contributed by atoms with van der Waals surface area (Å²) in [5.41, 5.74) is 1.55. The van der Waals surface area contributed by atoms with Gasteiger partial charge in [-0.1, -0.05) is 42.1 Å². The van der Waals surface area contributed by atoms with Crippen molar-refractivity contribution in [2.24, 2.45) is 0 Å². The predicted molar refractivity (Wildman–Crippen MR) is 123 cm³/mol. The Labute approximate surface area is 190 Å². The molecule has 5 rings (SSSR count). The minimum Gasteiger partial charge on any atom is -0.493 e. The number of aromatic nitrogens is 2. The Kier molecular flexibility index (Phi) is 6.14. The number of ether oxygens (including phenoxy) is 2. The van der Waals surface area contributed by atoms with Gasteiger partial charge in [0, 0.05) is 18.6 Å². The fraction of sp³-hybridized carbons (Fsp3) is 0.375. The molecule has 0 unspecified atom stereocenters. The molecule has 166 valence electrons. The van der Waals surface area contributed by atoms with Crippen LogP contribution in [0, 0.1) is 0 Å². The first-order chi connectivity index (χ1) is 15.7. The maximum Gasteiger partial charge on any atom is 0.262 e. The third-order valence-corrected chi connectivity index (χ3v) is 6.84. The largest absolute Gasteiger partial charge is 0.493 e. The van der Waals surface area contributed by atoms with E-state index in [0.717, 1.165) is 37.2 Å². The van der Waals surface area contributed by atoms with Gasteiger partial charge in [-0.15, -0.1) is 0 Å². The molecular formula is C24H25N3O4S. The Morgan fingerprint density at radius 2 is 1.97 bits per heavy atom. The number of nitrogens with zero attached hydrogens (tertiary/aromatic N) is 2. The van der Waals surface area contributed by atoms with Crippen molar-refractivity contribution in [2.75, 3.05) is 19.0 Å². The van der Waals surface area contributed by atoms with Gasteiger partial charge < -0.3 is 14.8 Å². The molecule has 3 heterocycles. The zero-order chi connectivity index (χ0) is 21.9. The van der Waals surface area contributed by atoms with Crippen molar-refractivity contribution >= 4 is 28.6 Å². The topological polar surface area (TPSA) is 82.5 Å². The molecule has 32 heavy (non-hydrogen) atoms. The van der Waals surface area contributed by atoms with E-state index in [0.29, 0.717) is 29.2 Å². The van der Waals surface area contributed by atoms with E-state index in [9.17, 15) is 9.59 Å². The average molecular weight is 452 g/mol. The lowest BCUT2D eigenvalue weighted by atomic mass is 10.0. The molecule has 8 heteroatoms. The van der Waals surface area contributed by atoms with Crippen LogP contribution < -0.4 is 15.6 Å². The lowest BCUT2D eigenvalue weighted by Crippen LogP contribution is -2.33. The molecule has 0 saturated carbocycles. The third kappa shape index (κ3) is 4.38. The van der Waals surface area contributed by atoms with Gasteiger partial charge in [-0.2, -0.15) is 0 Å². The molecule has 2 aliphatic heterocycles. The van der Waals surface area contributed by atoms with E-state index < -0.39 is 0 Å².